The van der Waals surface area contributed by atoms with Crippen molar-refractivity contribution >= 4 is 23.4 Å². The van der Waals surface area contributed by atoms with Crippen LogP contribution in [0.3, 0.4) is 0 Å². The highest BCUT2D eigenvalue weighted by Crippen LogP contribution is 2.36. The van der Waals surface area contributed by atoms with Crippen LogP contribution in [0.5, 0.6) is 5.75 Å². The maximum atomic E-state index is 13.5. The number of hydrogen-bond acceptors (Lipinski definition) is 2. The molecule has 1 amide bonds. The van der Waals surface area contributed by atoms with E-state index in [2.05, 4.69) is 32.9 Å². The topological polar surface area (TPSA) is 29.5 Å². The van der Waals surface area contributed by atoms with Gasteiger partial charge in [0.1, 0.15) is 5.75 Å². The van der Waals surface area contributed by atoms with Crippen LogP contribution < -0.4 is 9.64 Å². The third-order valence-corrected chi connectivity index (χ3v) is 5.56. The largest absolute Gasteiger partial charge is 0.494 e. The van der Waals surface area contributed by atoms with E-state index in [4.69, 9.17) is 4.74 Å². The van der Waals surface area contributed by atoms with E-state index in [1.165, 1.54) is 5.56 Å². The van der Waals surface area contributed by atoms with Crippen molar-refractivity contribution in [3.05, 3.63) is 107 Å². The predicted molar refractivity (Wildman–Crippen MR) is 133 cm³/mol. The lowest BCUT2D eigenvalue weighted by atomic mass is 9.87. The SMILES string of the molecule is CCOc1ccc(/C=C2\C=C(c3ccccc3)N(c3ccc(C(C)(C)C)cc3)C2=O)cc1. The Balaban J connectivity index is 1.73. The first kappa shape index (κ1) is 21.6. The molecule has 0 atom stereocenters. The highest BCUT2D eigenvalue weighted by molar-refractivity contribution is 6.23. The first-order valence-corrected chi connectivity index (χ1v) is 11.0. The summed E-state index contributed by atoms with van der Waals surface area (Å²) in [5, 5.41) is 0. The Hall–Kier alpha value is -3.59. The Morgan fingerprint density at radius 1 is 0.875 bits per heavy atom. The Kier molecular flexibility index (Phi) is 6.00. The summed E-state index contributed by atoms with van der Waals surface area (Å²) in [5.41, 5.74) is 5.69. The summed E-state index contributed by atoms with van der Waals surface area (Å²) in [6.45, 7) is 9.17. The normalized spacial score (nSPS) is 15.2. The zero-order valence-corrected chi connectivity index (χ0v) is 19.1. The van der Waals surface area contributed by atoms with Gasteiger partial charge in [0.05, 0.1) is 12.3 Å². The fraction of sp³-hybridized carbons (Fsp3) is 0.207. The van der Waals surface area contributed by atoms with Gasteiger partial charge in [0, 0.05) is 11.3 Å². The van der Waals surface area contributed by atoms with Crippen LogP contribution in [0.15, 0.2) is 90.5 Å². The summed E-state index contributed by atoms with van der Waals surface area (Å²) in [6, 6.07) is 26.2. The Morgan fingerprint density at radius 2 is 1.53 bits per heavy atom. The zero-order valence-electron chi connectivity index (χ0n) is 19.1. The van der Waals surface area contributed by atoms with E-state index in [9.17, 15) is 4.79 Å². The van der Waals surface area contributed by atoms with Crippen molar-refractivity contribution in [3.63, 3.8) is 0 Å². The zero-order chi connectivity index (χ0) is 22.7. The standard InChI is InChI=1S/C29H29NO2/c1-5-32-26-17-11-21(12-18-26)19-23-20-27(22-9-7-6-8-10-22)30(28(23)31)25-15-13-24(14-16-25)29(2,3)4/h6-20H,5H2,1-4H3/b23-19+. The molecule has 3 nitrogen and oxygen atoms in total. The van der Waals surface area contributed by atoms with Gasteiger partial charge < -0.3 is 4.74 Å². The van der Waals surface area contributed by atoms with Gasteiger partial charge in [-0.3, -0.25) is 9.69 Å². The van der Waals surface area contributed by atoms with Crippen LogP contribution in [-0.4, -0.2) is 12.5 Å². The average Bonchev–Trinajstić information content (AvgIpc) is 3.11. The van der Waals surface area contributed by atoms with Gasteiger partial charge >= 0.3 is 0 Å². The van der Waals surface area contributed by atoms with Gasteiger partial charge in [0.25, 0.3) is 5.91 Å². The quantitative estimate of drug-likeness (QED) is 0.420. The number of carbonyl (C=O) groups is 1. The van der Waals surface area contributed by atoms with Gasteiger partial charge in [-0.15, -0.1) is 0 Å². The number of ether oxygens (including phenoxy) is 1. The van der Waals surface area contributed by atoms with Crippen molar-refractivity contribution in [2.24, 2.45) is 0 Å². The van der Waals surface area contributed by atoms with Gasteiger partial charge in [0.15, 0.2) is 0 Å². The molecule has 1 aliphatic rings. The Bertz CT molecular complexity index is 1150. The maximum Gasteiger partial charge on any atom is 0.262 e. The number of hydrogen-bond donors (Lipinski definition) is 0. The molecule has 0 saturated carbocycles. The molecule has 0 spiro atoms. The summed E-state index contributed by atoms with van der Waals surface area (Å²) in [7, 11) is 0. The highest BCUT2D eigenvalue weighted by atomic mass is 16.5. The molecular formula is C29H29NO2. The minimum Gasteiger partial charge on any atom is -0.494 e. The molecule has 0 N–H and O–H groups in total. The minimum atomic E-state index is -0.0266. The van der Waals surface area contributed by atoms with Crippen molar-refractivity contribution < 1.29 is 9.53 Å². The molecule has 4 rings (SSSR count). The summed E-state index contributed by atoms with van der Waals surface area (Å²) >= 11 is 0. The number of nitrogens with zero attached hydrogens (tertiary/aromatic N) is 1. The maximum absolute atomic E-state index is 13.5. The molecule has 0 radical (unpaired) electrons. The van der Waals surface area contributed by atoms with E-state index in [0.717, 1.165) is 28.3 Å². The number of anilines is 1. The van der Waals surface area contributed by atoms with Gasteiger partial charge in [-0.05, 0) is 65.4 Å². The van der Waals surface area contributed by atoms with E-state index in [1.54, 1.807) is 0 Å². The van der Waals surface area contributed by atoms with Crippen molar-refractivity contribution in [3.8, 4) is 5.75 Å². The Morgan fingerprint density at radius 3 is 2.12 bits per heavy atom. The molecule has 162 valence electrons. The van der Waals surface area contributed by atoms with E-state index >= 15 is 0 Å². The smallest absolute Gasteiger partial charge is 0.262 e. The van der Waals surface area contributed by atoms with E-state index in [1.807, 2.05) is 90.7 Å². The molecule has 0 bridgehead atoms. The van der Waals surface area contributed by atoms with Crippen molar-refractivity contribution in [2.75, 3.05) is 11.5 Å². The van der Waals surface area contributed by atoms with Gasteiger partial charge in [-0.2, -0.15) is 0 Å². The van der Waals surface area contributed by atoms with Crippen LogP contribution >= 0.6 is 0 Å². The fourth-order valence-electron chi connectivity index (χ4n) is 3.81. The van der Waals surface area contributed by atoms with Gasteiger partial charge in [-0.25, -0.2) is 0 Å². The molecule has 32 heavy (non-hydrogen) atoms. The third-order valence-electron chi connectivity index (χ3n) is 5.56. The van der Waals surface area contributed by atoms with Crippen LogP contribution in [0.4, 0.5) is 5.69 Å². The molecule has 1 aliphatic heterocycles. The van der Waals surface area contributed by atoms with Crippen LogP contribution in [-0.2, 0) is 10.2 Å². The number of amides is 1. The highest BCUT2D eigenvalue weighted by Gasteiger charge is 2.30. The first-order valence-electron chi connectivity index (χ1n) is 11.0. The van der Waals surface area contributed by atoms with Crippen LogP contribution in [0.1, 0.15) is 44.4 Å². The van der Waals surface area contributed by atoms with Gasteiger partial charge in [-0.1, -0.05) is 75.4 Å². The van der Waals surface area contributed by atoms with Crippen molar-refractivity contribution in [2.45, 2.75) is 33.1 Å². The lowest BCUT2D eigenvalue weighted by Gasteiger charge is -2.23. The summed E-state index contributed by atoms with van der Waals surface area (Å²) < 4.78 is 5.53. The van der Waals surface area contributed by atoms with E-state index < -0.39 is 0 Å². The first-order chi connectivity index (χ1) is 15.4. The van der Waals surface area contributed by atoms with Crippen molar-refractivity contribution in [1.29, 1.82) is 0 Å². The molecule has 0 saturated heterocycles. The number of carbonyl (C=O) groups excluding carboxylic acids is 1. The average molecular weight is 424 g/mol. The molecule has 0 unspecified atom stereocenters. The monoisotopic (exact) mass is 423 g/mol. The molecule has 0 fully saturated rings. The second kappa shape index (κ2) is 8.88. The number of rotatable bonds is 5. The van der Waals surface area contributed by atoms with E-state index in [0.29, 0.717) is 12.2 Å². The lowest BCUT2D eigenvalue weighted by Crippen LogP contribution is -2.25. The molecule has 3 heteroatoms. The van der Waals surface area contributed by atoms with Crippen LogP contribution in [0.25, 0.3) is 11.8 Å². The predicted octanol–water partition coefficient (Wildman–Crippen LogP) is 6.85. The summed E-state index contributed by atoms with van der Waals surface area (Å²) in [4.78, 5) is 15.3. The molecule has 0 aromatic heterocycles. The van der Waals surface area contributed by atoms with Gasteiger partial charge in [0.2, 0.25) is 0 Å². The molecular weight excluding hydrogens is 394 g/mol. The van der Waals surface area contributed by atoms with Crippen LogP contribution in [0, 0.1) is 0 Å². The minimum absolute atomic E-state index is 0.0266. The molecule has 1 heterocycles. The number of benzene rings is 3. The molecule has 0 aliphatic carbocycles. The van der Waals surface area contributed by atoms with Crippen molar-refractivity contribution in [1.82, 2.24) is 0 Å². The lowest BCUT2D eigenvalue weighted by molar-refractivity contribution is -0.113. The second-order valence-electron chi connectivity index (χ2n) is 8.93. The van der Waals surface area contributed by atoms with E-state index in [-0.39, 0.29) is 11.3 Å². The molecule has 3 aromatic rings. The molecule has 3 aromatic carbocycles. The Labute approximate surface area is 190 Å². The third kappa shape index (κ3) is 4.52. The second-order valence-corrected chi connectivity index (χ2v) is 8.93. The fourth-order valence-corrected chi connectivity index (χ4v) is 3.81. The summed E-state index contributed by atoms with van der Waals surface area (Å²) in [6.07, 6.45) is 3.91. The van der Waals surface area contributed by atoms with Crippen LogP contribution in [0.2, 0.25) is 0 Å². The summed E-state index contributed by atoms with van der Waals surface area (Å²) in [5.74, 6) is 0.801.